The van der Waals surface area contributed by atoms with Crippen molar-refractivity contribution in [2.45, 2.75) is 39.3 Å². The summed E-state index contributed by atoms with van der Waals surface area (Å²) in [6.45, 7) is 6.97. The quantitative estimate of drug-likeness (QED) is 0.857. The lowest BCUT2D eigenvalue weighted by Gasteiger charge is -2.16. The van der Waals surface area contributed by atoms with Gasteiger partial charge in [0.15, 0.2) is 0 Å². The molecule has 1 saturated carbocycles. The molecule has 1 N–H and O–H groups in total. The summed E-state index contributed by atoms with van der Waals surface area (Å²) in [6.07, 6.45) is 2.24. The summed E-state index contributed by atoms with van der Waals surface area (Å²) in [5.41, 5.74) is 2.08. The number of hydrogen-bond donors (Lipinski definition) is 1. The lowest BCUT2D eigenvalue weighted by Crippen LogP contribution is -2.37. The number of rotatable bonds is 6. The number of aromatic nitrogens is 1. The lowest BCUT2D eigenvalue weighted by atomic mass is 9.96. The van der Waals surface area contributed by atoms with Crippen molar-refractivity contribution >= 4 is 5.91 Å². The van der Waals surface area contributed by atoms with E-state index in [2.05, 4.69) is 15.4 Å². The number of carbonyl (C=O) groups is 1. The van der Waals surface area contributed by atoms with Gasteiger partial charge in [0.2, 0.25) is 5.91 Å². The van der Waals surface area contributed by atoms with Crippen LogP contribution in [0.4, 0.5) is 0 Å². The Bertz CT molecular complexity index is 519. The van der Waals surface area contributed by atoms with E-state index in [-0.39, 0.29) is 17.7 Å². The molecule has 1 aliphatic carbocycles. The van der Waals surface area contributed by atoms with Gasteiger partial charge >= 0.3 is 0 Å². The molecule has 1 saturated heterocycles. The van der Waals surface area contributed by atoms with E-state index in [1.165, 1.54) is 0 Å². The van der Waals surface area contributed by atoms with E-state index < -0.39 is 0 Å². The molecule has 2 fully saturated rings. The summed E-state index contributed by atoms with van der Waals surface area (Å²) < 4.78 is 10.6. The van der Waals surface area contributed by atoms with Gasteiger partial charge in [-0.1, -0.05) is 5.16 Å². The minimum absolute atomic E-state index is 0.0148. The van der Waals surface area contributed by atoms with Crippen LogP contribution in [0.15, 0.2) is 4.52 Å². The zero-order valence-electron chi connectivity index (χ0n) is 13.6. The topological polar surface area (TPSA) is 67.6 Å². The maximum atomic E-state index is 12.4. The van der Waals surface area contributed by atoms with Crippen LogP contribution < -0.4 is 5.32 Å². The summed E-state index contributed by atoms with van der Waals surface area (Å²) >= 11 is 0. The van der Waals surface area contributed by atoms with Crippen molar-refractivity contribution in [1.29, 1.82) is 0 Å². The zero-order chi connectivity index (χ0) is 15.7. The number of likely N-dealkylation sites (tertiary alicyclic amines) is 1. The van der Waals surface area contributed by atoms with Crippen molar-refractivity contribution in [3.8, 4) is 0 Å². The molecule has 0 aromatic carbocycles. The van der Waals surface area contributed by atoms with E-state index in [1.807, 2.05) is 13.8 Å². The van der Waals surface area contributed by atoms with E-state index in [9.17, 15) is 4.79 Å². The van der Waals surface area contributed by atoms with Gasteiger partial charge in [-0.3, -0.25) is 9.69 Å². The Balaban J connectivity index is 1.65. The Hall–Kier alpha value is -1.40. The maximum Gasteiger partial charge on any atom is 0.225 e. The molecule has 0 spiro atoms. The zero-order valence-corrected chi connectivity index (χ0v) is 13.6. The summed E-state index contributed by atoms with van der Waals surface area (Å²) in [5.74, 6) is 1.32. The average molecular weight is 307 g/mol. The van der Waals surface area contributed by atoms with Gasteiger partial charge in [0.05, 0.1) is 18.2 Å². The van der Waals surface area contributed by atoms with Gasteiger partial charge in [-0.05, 0) is 26.7 Å². The summed E-state index contributed by atoms with van der Waals surface area (Å²) in [5, 5.41) is 7.14. The van der Waals surface area contributed by atoms with E-state index in [4.69, 9.17) is 9.26 Å². The number of nitrogens with one attached hydrogen (secondary N) is 1. The van der Waals surface area contributed by atoms with Crippen molar-refractivity contribution in [3.05, 3.63) is 17.0 Å². The Kier molecular flexibility index (Phi) is 4.49. The Labute approximate surface area is 131 Å². The molecular weight excluding hydrogens is 282 g/mol. The second kappa shape index (κ2) is 6.38. The highest BCUT2D eigenvalue weighted by Gasteiger charge is 2.39. The van der Waals surface area contributed by atoms with Crippen LogP contribution in [0.5, 0.6) is 0 Å². The predicted molar refractivity (Wildman–Crippen MR) is 81.3 cm³/mol. The molecule has 1 aromatic rings. The molecular formula is C16H25N3O3. The Morgan fingerprint density at radius 2 is 2.18 bits per heavy atom. The van der Waals surface area contributed by atoms with E-state index >= 15 is 0 Å². The fraction of sp³-hybridized carbons (Fsp3) is 0.750. The fourth-order valence-electron chi connectivity index (χ4n) is 3.26. The molecule has 6 heteroatoms. The third-order valence-corrected chi connectivity index (χ3v) is 4.72. The number of methoxy groups -OCH3 is 1. The Morgan fingerprint density at radius 3 is 2.77 bits per heavy atom. The van der Waals surface area contributed by atoms with Gasteiger partial charge in [-0.2, -0.15) is 0 Å². The largest absolute Gasteiger partial charge is 0.384 e. The molecule has 2 heterocycles. The molecule has 3 rings (SSSR count). The monoisotopic (exact) mass is 307 g/mol. The van der Waals surface area contributed by atoms with Crippen molar-refractivity contribution < 1.29 is 14.1 Å². The first-order valence-electron chi connectivity index (χ1n) is 8.02. The normalized spacial score (nSPS) is 25.6. The molecule has 1 aliphatic heterocycles. The van der Waals surface area contributed by atoms with Gasteiger partial charge in [-0.15, -0.1) is 0 Å². The highest BCUT2D eigenvalue weighted by molar-refractivity contribution is 5.80. The van der Waals surface area contributed by atoms with Crippen LogP contribution in [0.25, 0.3) is 0 Å². The van der Waals surface area contributed by atoms with Crippen LogP contribution in [0.3, 0.4) is 0 Å². The molecule has 0 unspecified atom stereocenters. The number of amides is 1. The molecule has 0 bridgehead atoms. The Morgan fingerprint density at radius 1 is 1.41 bits per heavy atom. The van der Waals surface area contributed by atoms with Gasteiger partial charge in [-0.25, -0.2) is 0 Å². The molecule has 2 aliphatic rings. The SMILES string of the molecule is COC[C@@H]1CN(Cc2c(C)noc2C)C[C@H]1C(=O)NC1CC1. The summed E-state index contributed by atoms with van der Waals surface area (Å²) in [4.78, 5) is 14.8. The third kappa shape index (κ3) is 3.33. The average Bonchev–Trinajstić information content (AvgIpc) is 3.12. The molecule has 0 radical (unpaired) electrons. The van der Waals surface area contributed by atoms with Gasteiger partial charge in [0.1, 0.15) is 5.76 Å². The van der Waals surface area contributed by atoms with Crippen LogP contribution in [0, 0.1) is 25.7 Å². The number of carbonyl (C=O) groups excluding carboxylic acids is 1. The van der Waals surface area contributed by atoms with E-state index in [1.54, 1.807) is 7.11 Å². The predicted octanol–water partition coefficient (Wildman–Crippen LogP) is 1.26. The van der Waals surface area contributed by atoms with E-state index in [0.29, 0.717) is 12.6 Å². The highest BCUT2D eigenvalue weighted by Crippen LogP contribution is 2.28. The first-order chi connectivity index (χ1) is 10.6. The van der Waals surface area contributed by atoms with Crippen LogP contribution in [-0.4, -0.2) is 48.8 Å². The molecule has 6 nitrogen and oxygen atoms in total. The number of ether oxygens (including phenoxy) is 1. The molecule has 1 amide bonds. The third-order valence-electron chi connectivity index (χ3n) is 4.72. The maximum absolute atomic E-state index is 12.4. The first kappa shape index (κ1) is 15.5. The number of nitrogens with zero attached hydrogens (tertiary/aromatic N) is 2. The van der Waals surface area contributed by atoms with E-state index in [0.717, 1.165) is 49.5 Å². The van der Waals surface area contributed by atoms with Gasteiger partial charge in [0.25, 0.3) is 0 Å². The van der Waals surface area contributed by atoms with Crippen LogP contribution in [-0.2, 0) is 16.1 Å². The van der Waals surface area contributed by atoms with Crippen LogP contribution in [0.1, 0.15) is 29.9 Å². The summed E-state index contributed by atoms with van der Waals surface area (Å²) in [7, 11) is 1.70. The number of aryl methyl sites for hydroxylation is 2. The van der Waals surface area contributed by atoms with Crippen molar-refractivity contribution in [1.82, 2.24) is 15.4 Å². The van der Waals surface area contributed by atoms with Crippen molar-refractivity contribution in [3.63, 3.8) is 0 Å². The lowest BCUT2D eigenvalue weighted by molar-refractivity contribution is -0.126. The minimum Gasteiger partial charge on any atom is -0.384 e. The molecule has 2 atom stereocenters. The van der Waals surface area contributed by atoms with Crippen LogP contribution >= 0.6 is 0 Å². The molecule has 122 valence electrons. The fourth-order valence-corrected chi connectivity index (χ4v) is 3.26. The van der Waals surface area contributed by atoms with Gasteiger partial charge in [0, 0.05) is 44.3 Å². The smallest absolute Gasteiger partial charge is 0.225 e. The first-order valence-corrected chi connectivity index (χ1v) is 8.02. The summed E-state index contributed by atoms with van der Waals surface area (Å²) in [6, 6.07) is 0.410. The minimum atomic E-state index is 0.0148. The van der Waals surface area contributed by atoms with Crippen LogP contribution in [0.2, 0.25) is 0 Å². The van der Waals surface area contributed by atoms with Crippen molar-refractivity contribution in [2.75, 3.05) is 26.8 Å². The standard InChI is InChI=1S/C16H25N3O3/c1-10-14(11(2)22-18-10)7-19-6-12(9-21-3)15(8-19)16(20)17-13-4-5-13/h12-13,15H,4-9H2,1-3H3,(H,17,20)/t12-,15+/m0/s1. The van der Waals surface area contributed by atoms with Gasteiger partial charge < -0.3 is 14.6 Å². The second-order valence-electron chi connectivity index (χ2n) is 6.60. The highest BCUT2D eigenvalue weighted by atomic mass is 16.5. The molecule has 22 heavy (non-hydrogen) atoms. The molecule has 1 aromatic heterocycles. The number of hydrogen-bond acceptors (Lipinski definition) is 5. The second-order valence-corrected chi connectivity index (χ2v) is 6.60. The van der Waals surface area contributed by atoms with Crippen molar-refractivity contribution in [2.24, 2.45) is 11.8 Å².